The Kier molecular flexibility index (Phi) is 5.80. The van der Waals surface area contributed by atoms with Gasteiger partial charge in [-0.1, -0.05) is 12.1 Å². The van der Waals surface area contributed by atoms with Crippen LogP contribution >= 0.6 is 0 Å². The Morgan fingerprint density at radius 3 is 2.65 bits per heavy atom. The van der Waals surface area contributed by atoms with Gasteiger partial charge in [0.1, 0.15) is 11.5 Å². The molecule has 23 heavy (non-hydrogen) atoms. The average Bonchev–Trinajstić information content (AvgIpc) is 3.06. The van der Waals surface area contributed by atoms with Crippen LogP contribution in [0.25, 0.3) is 0 Å². The number of hydrogen-bond donors (Lipinski definition) is 1. The number of carbonyl (C=O) groups is 2. The third kappa shape index (κ3) is 4.60. The molecule has 0 saturated carbocycles. The van der Waals surface area contributed by atoms with E-state index in [-0.39, 0.29) is 24.8 Å². The molecule has 2 aromatic rings. The number of benzene rings is 1. The van der Waals surface area contributed by atoms with Crippen molar-refractivity contribution in [2.45, 2.75) is 19.9 Å². The van der Waals surface area contributed by atoms with Crippen molar-refractivity contribution in [3.63, 3.8) is 0 Å². The van der Waals surface area contributed by atoms with E-state index in [9.17, 15) is 9.59 Å². The van der Waals surface area contributed by atoms with Crippen LogP contribution in [0.4, 0.5) is 5.69 Å². The highest BCUT2D eigenvalue weighted by molar-refractivity contribution is 5.93. The number of rotatable bonds is 7. The molecule has 0 unspecified atom stereocenters. The molecule has 122 valence electrons. The first-order valence-electron chi connectivity index (χ1n) is 7.32. The van der Waals surface area contributed by atoms with Crippen molar-refractivity contribution in [2.24, 2.45) is 0 Å². The van der Waals surface area contributed by atoms with Crippen LogP contribution in [0, 0.1) is 0 Å². The highest BCUT2D eigenvalue weighted by Crippen LogP contribution is 2.27. The summed E-state index contributed by atoms with van der Waals surface area (Å²) in [6, 6.07) is 10.8. The molecule has 0 saturated heterocycles. The van der Waals surface area contributed by atoms with Gasteiger partial charge in [-0.3, -0.25) is 9.59 Å². The normalized spacial score (nSPS) is 10.2. The van der Waals surface area contributed by atoms with Crippen LogP contribution < -0.4 is 15.0 Å². The lowest BCUT2D eigenvalue weighted by atomic mass is 10.2. The average molecular weight is 316 g/mol. The van der Waals surface area contributed by atoms with Crippen molar-refractivity contribution in [1.82, 2.24) is 5.32 Å². The second-order valence-electron chi connectivity index (χ2n) is 4.95. The number of carbonyl (C=O) groups excluding carboxylic acids is 2. The summed E-state index contributed by atoms with van der Waals surface area (Å²) in [5.74, 6) is 0.987. The first-order chi connectivity index (χ1) is 11.1. The summed E-state index contributed by atoms with van der Waals surface area (Å²) in [6.07, 6.45) is 1.75. The predicted octanol–water partition coefficient (Wildman–Crippen LogP) is 2.35. The summed E-state index contributed by atoms with van der Waals surface area (Å²) in [7, 11) is 1.55. The Morgan fingerprint density at radius 2 is 2.00 bits per heavy atom. The van der Waals surface area contributed by atoms with Crippen LogP contribution in [-0.2, 0) is 16.1 Å². The summed E-state index contributed by atoms with van der Waals surface area (Å²) in [5, 5.41) is 2.76. The highest BCUT2D eigenvalue weighted by Gasteiger charge is 2.17. The monoisotopic (exact) mass is 316 g/mol. The van der Waals surface area contributed by atoms with Gasteiger partial charge in [0, 0.05) is 19.9 Å². The maximum atomic E-state index is 11.9. The van der Waals surface area contributed by atoms with Gasteiger partial charge in [0.15, 0.2) is 0 Å². The van der Waals surface area contributed by atoms with E-state index in [1.807, 2.05) is 12.1 Å². The molecule has 0 spiro atoms. The smallest absolute Gasteiger partial charge is 0.223 e. The number of hydrogen-bond acceptors (Lipinski definition) is 4. The van der Waals surface area contributed by atoms with Crippen molar-refractivity contribution in [3.05, 3.63) is 48.4 Å². The number of furan rings is 1. The SMILES string of the molecule is COc1ccccc1N(CCC(=O)NCc1ccco1)C(C)=O. The zero-order valence-corrected chi connectivity index (χ0v) is 13.2. The molecule has 0 bridgehead atoms. The molecular weight excluding hydrogens is 296 g/mol. The fourth-order valence-corrected chi connectivity index (χ4v) is 2.20. The van der Waals surface area contributed by atoms with E-state index in [0.717, 1.165) is 0 Å². The summed E-state index contributed by atoms with van der Waals surface area (Å²) in [6.45, 7) is 2.08. The van der Waals surface area contributed by atoms with E-state index in [4.69, 9.17) is 9.15 Å². The molecule has 1 aromatic heterocycles. The van der Waals surface area contributed by atoms with Crippen LogP contribution in [0.2, 0.25) is 0 Å². The van der Waals surface area contributed by atoms with Gasteiger partial charge in [-0.2, -0.15) is 0 Å². The largest absolute Gasteiger partial charge is 0.495 e. The topological polar surface area (TPSA) is 71.8 Å². The van der Waals surface area contributed by atoms with Gasteiger partial charge in [0.25, 0.3) is 0 Å². The van der Waals surface area contributed by atoms with E-state index in [2.05, 4.69) is 5.32 Å². The Bertz CT molecular complexity index is 652. The maximum absolute atomic E-state index is 11.9. The third-order valence-electron chi connectivity index (χ3n) is 3.36. The molecule has 0 fully saturated rings. The number of anilines is 1. The predicted molar refractivity (Wildman–Crippen MR) is 86.2 cm³/mol. The number of amides is 2. The van der Waals surface area contributed by atoms with Crippen molar-refractivity contribution >= 4 is 17.5 Å². The Balaban J connectivity index is 1.94. The molecule has 2 rings (SSSR count). The summed E-state index contributed by atoms with van der Waals surface area (Å²) >= 11 is 0. The molecular formula is C17H20N2O4. The minimum Gasteiger partial charge on any atom is -0.495 e. The lowest BCUT2D eigenvalue weighted by molar-refractivity contribution is -0.121. The Labute approximate surface area is 135 Å². The van der Waals surface area contributed by atoms with Crippen molar-refractivity contribution in [1.29, 1.82) is 0 Å². The molecule has 2 amide bonds. The van der Waals surface area contributed by atoms with Gasteiger partial charge < -0.3 is 19.4 Å². The van der Waals surface area contributed by atoms with Crippen LogP contribution in [-0.4, -0.2) is 25.5 Å². The summed E-state index contributed by atoms with van der Waals surface area (Å²) < 4.78 is 10.4. The molecule has 6 nitrogen and oxygen atoms in total. The third-order valence-corrected chi connectivity index (χ3v) is 3.36. The fraction of sp³-hybridized carbons (Fsp3) is 0.294. The zero-order chi connectivity index (χ0) is 16.7. The minimum atomic E-state index is -0.150. The van der Waals surface area contributed by atoms with Crippen LogP contribution in [0.3, 0.4) is 0 Å². The summed E-state index contributed by atoms with van der Waals surface area (Å²) in [4.78, 5) is 25.4. The number of ether oxygens (including phenoxy) is 1. The van der Waals surface area contributed by atoms with Crippen molar-refractivity contribution < 1.29 is 18.7 Å². The molecule has 0 aliphatic carbocycles. The Hall–Kier alpha value is -2.76. The Morgan fingerprint density at radius 1 is 1.22 bits per heavy atom. The maximum Gasteiger partial charge on any atom is 0.223 e. The van der Waals surface area contributed by atoms with E-state index in [1.54, 1.807) is 37.6 Å². The number of para-hydroxylation sites is 2. The molecule has 0 aliphatic heterocycles. The van der Waals surface area contributed by atoms with Crippen LogP contribution in [0.5, 0.6) is 5.75 Å². The number of nitrogens with one attached hydrogen (secondary N) is 1. The van der Waals surface area contributed by atoms with Crippen molar-refractivity contribution in [2.75, 3.05) is 18.6 Å². The van der Waals surface area contributed by atoms with Gasteiger partial charge >= 0.3 is 0 Å². The molecule has 0 radical (unpaired) electrons. The standard InChI is InChI=1S/C17H20N2O4/c1-13(20)19(15-7-3-4-8-16(15)22-2)10-9-17(21)18-12-14-6-5-11-23-14/h3-8,11H,9-10,12H2,1-2H3,(H,18,21). The van der Waals surface area contributed by atoms with Crippen molar-refractivity contribution in [3.8, 4) is 5.75 Å². The van der Waals surface area contributed by atoms with Crippen LogP contribution in [0.1, 0.15) is 19.1 Å². The second kappa shape index (κ2) is 8.03. The zero-order valence-electron chi connectivity index (χ0n) is 13.2. The lowest BCUT2D eigenvalue weighted by Crippen LogP contribution is -2.34. The fourth-order valence-electron chi connectivity index (χ4n) is 2.20. The van der Waals surface area contributed by atoms with Gasteiger partial charge in [0.05, 0.1) is 25.6 Å². The second-order valence-corrected chi connectivity index (χ2v) is 4.95. The highest BCUT2D eigenvalue weighted by atomic mass is 16.5. The van der Waals surface area contributed by atoms with E-state index >= 15 is 0 Å². The first-order valence-corrected chi connectivity index (χ1v) is 7.32. The van der Waals surface area contributed by atoms with Gasteiger partial charge in [-0.05, 0) is 24.3 Å². The minimum absolute atomic E-state index is 0.145. The molecule has 0 aliphatic rings. The van der Waals surface area contributed by atoms with E-state index in [0.29, 0.717) is 23.7 Å². The lowest BCUT2D eigenvalue weighted by Gasteiger charge is -2.23. The molecule has 1 N–H and O–H groups in total. The molecule has 1 heterocycles. The van der Waals surface area contributed by atoms with Crippen LogP contribution in [0.15, 0.2) is 47.1 Å². The quantitative estimate of drug-likeness (QED) is 0.851. The molecule has 0 atom stereocenters. The number of methoxy groups -OCH3 is 1. The summed E-state index contributed by atoms with van der Waals surface area (Å²) in [5.41, 5.74) is 0.654. The van der Waals surface area contributed by atoms with E-state index < -0.39 is 0 Å². The van der Waals surface area contributed by atoms with Gasteiger partial charge in [-0.15, -0.1) is 0 Å². The van der Waals surface area contributed by atoms with E-state index in [1.165, 1.54) is 11.8 Å². The molecule has 1 aromatic carbocycles. The van der Waals surface area contributed by atoms with Gasteiger partial charge in [0.2, 0.25) is 11.8 Å². The molecule has 6 heteroatoms. The van der Waals surface area contributed by atoms with Gasteiger partial charge in [-0.25, -0.2) is 0 Å². The first kappa shape index (κ1) is 16.6. The number of nitrogens with zero attached hydrogens (tertiary/aromatic N) is 1.